The lowest BCUT2D eigenvalue weighted by atomic mass is 10.1. The van der Waals surface area contributed by atoms with Gasteiger partial charge in [-0.2, -0.15) is 0 Å². The van der Waals surface area contributed by atoms with E-state index in [0.717, 1.165) is 17.7 Å². The number of amides is 1. The van der Waals surface area contributed by atoms with Crippen LogP contribution in [-0.2, 0) is 13.1 Å². The molecule has 2 rings (SSSR count). The van der Waals surface area contributed by atoms with Crippen LogP contribution < -0.4 is 16.0 Å². The summed E-state index contributed by atoms with van der Waals surface area (Å²) in [4.78, 5) is 18.4. The second-order valence-electron chi connectivity index (χ2n) is 6.67. The van der Waals surface area contributed by atoms with Crippen LogP contribution >= 0.6 is 24.0 Å². The summed E-state index contributed by atoms with van der Waals surface area (Å²) in [5.74, 6) is 0.255. The molecule has 158 valence electrons. The lowest BCUT2D eigenvalue weighted by molar-refractivity contribution is 0.0951. The number of hydrogen-bond acceptors (Lipinski definition) is 3. The van der Waals surface area contributed by atoms with Gasteiger partial charge in [-0.1, -0.05) is 24.3 Å². The van der Waals surface area contributed by atoms with Crippen molar-refractivity contribution < 1.29 is 9.18 Å². The molecule has 0 unspecified atom stereocenters. The van der Waals surface area contributed by atoms with Gasteiger partial charge in [-0.05, 0) is 49.5 Å². The van der Waals surface area contributed by atoms with E-state index in [4.69, 9.17) is 0 Å². The molecular formula is C21H29FIN5O. The summed E-state index contributed by atoms with van der Waals surface area (Å²) in [6, 6.07) is 13.9. The van der Waals surface area contributed by atoms with Crippen LogP contribution in [0.1, 0.15) is 21.5 Å². The van der Waals surface area contributed by atoms with E-state index >= 15 is 0 Å². The quantitative estimate of drug-likeness (QED) is 0.289. The number of benzene rings is 2. The normalized spacial score (nSPS) is 11.0. The molecule has 0 radical (unpaired) electrons. The highest BCUT2D eigenvalue weighted by atomic mass is 127. The summed E-state index contributed by atoms with van der Waals surface area (Å²) in [6.07, 6.45) is 0. The fourth-order valence-electron chi connectivity index (χ4n) is 2.56. The van der Waals surface area contributed by atoms with E-state index in [0.29, 0.717) is 31.2 Å². The van der Waals surface area contributed by atoms with Gasteiger partial charge in [0.05, 0.1) is 0 Å². The molecule has 0 heterocycles. The minimum Gasteiger partial charge on any atom is -0.352 e. The highest BCUT2D eigenvalue weighted by Gasteiger charge is 2.06. The molecule has 1 amide bonds. The Morgan fingerprint density at radius 1 is 1.00 bits per heavy atom. The molecule has 0 aliphatic rings. The average molecular weight is 513 g/mol. The summed E-state index contributed by atoms with van der Waals surface area (Å²) in [6.45, 7) is 2.37. The fourth-order valence-corrected chi connectivity index (χ4v) is 2.56. The van der Waals surface area contributed by atoms with Crippen LogP contribution in [0, 0.1) is 5.82 Å². The molecule has 0 saturated carbocycles. The van der Waals surface area contributed by atoms with Gasteiger partial charge in [0.1, 0.15) is 5.82 Å². The minimum atomic E-state index is -0.261. The van der Waals surface area contributed by atoms with E-state index in [2.05, 4.69) is 20.9 Å². The molecule has 2 aromatic rings. The zero-order valence-electron chi connectivity index (χ0n) is 17.0. The van der Waals surface area contributed by atoms with Crippen LogP contribution in [0.15, 0.2) is 53.5 Å². The fraction of sp³-hybridized carbons (Fsp3) is 0.333. The van der Waals surface area contributed by atoms with Crippen molar-refractivity contribution >= 4 is 35.8 Å². The van der Waals surface area contributed by atoms with Crippen molar-refractivity contribution in [1.82, 2.24) is 20.9 Å². The van der Waals surface area contributed by atoms with Crippen molar-refractivity contribution in [2.24, 2.45) is 4.99 Å². The van der Waals surface area contributed by atoms with Crippen molar-refractivity contribution in [3.8, 4) is 0 Å². The second kappa shape index (κ2) is 13.1. The number of aliphatic imine (C=N–C) groups is 1. The highest BCUT2D eigenvalue weighted by molar-refractivity contribution is 14.0. The molecule has 8 heteroatoms. The number of carbonyl (C=O) groups excluding carboxylic acids is 1. The van der Waals surface area contributed by atoms with Crippen molar-refractivity contribution in [2.75, 3.05) is 34.2 Å². The maximum atomic E-state index is 13.3. The van der Waals surface area contributed by atoms with Gasteiger partial charge in [0, 0.05) is 38.8 Å². The first-order chi connectivity index (χ1) is 13.5. The van der Waals surface area contributed by atoms with Gasteiger partial charge in [0.15, 0.2) is 5.96 Å². The number of carbonyl (C=O) groups is 1. The molecule has 6 nitrogen and oxygen atoms in total. The standard InChI is InChI=1S/C21H28FN5O.HI/c1-23-21(26-15-17-7-5-9-19(22)13-17)25-14-16-6-4-8-18(12-16)20(28)24-10-11-27(2)3;/h4-9,12-13H,10-11,14-15H2,1-3H3,(H,24,28)(H2,23,25,26);1H. The molecule has 29 heavy (non-hydrogen) atoms. The first-order valence-corrected chi connectivity index (χ1v) is 9.19. The molecule has 0 bridgehead atoms. The van der Waals surface area contributed by atoms with E-state index in [1.165, 1.54) is 12.1 Å². The van der Waals surface area contributed by atoms with E-state index in [1.807, 2.05) is 43.3 Å². The van der Waals surface area contributed by atoms with E-state index < -0.39 is 0 Å². The Morgan fingerprint density at radius 3 is 2.21 bits per heavy atom. The number of nitrogens with one attached hydrogen (secondary N) is 3. The lowest BCUT2D eigenvalue weighted by Gasteiger charge is -2.13. The molecule has 2 aromatic carbocycles. The number of rotatable bonds is 8. The summed E-state index contributed by atoms with van der Waals surface area (Å²) < 4.78 is 13.3. The van der Waals surface area contributed by atoms with Crippen LogP contribution in [0.3, 0.4) is 0 Å². The van der Waals surface area contributed by atoms with E-state index in [-0.39, 0.29) is 35.7 Å². The molecule has 0 atom stereocenters. The van der Waals surface area contributed by atoms with Crippen LogP contribution in [0.4, 0.5) is 4.39 Å². The zero-order chi connectivity index (χ0) is 20.4. The Morgan fingerprint density at radius 2 is 1.62 bits per heavy atom. The average Bonchev–Trinajstić information content (AvgIpc) is 2.68. The smallest absolute Gasteiger partial charge is 0.251 e. The maximum absolute atomic E-state index is 13.3. The SMILES string of the molecule is CN=C(NCc1cccc(F)c1)NCc1cccc(C(=O)NCCN(C)C)c1.I. The molecule has 0 aliphatic heterocycles. The molecule has 0 fully saturated rings. The van der Waals surface area contributed by atoms with Gasteiger partial charge >= 0.3 is 0 Å². The molecule has 0 aliphatic carbocycles. The van der Waals surface area contributed by atoms with Crippen molar-refractivity contribution in [3.05, 3.63) is 71.0 Å². The minimum absolute atomic E-state index is 0. The van der Waals surface area contributed by atoms with E-state index in [1.54, 1.807) is 19.2 Å². The third-order valence-electron chi connectivity index (χ3n) is 4.07. The molecule has 0 aromatic heterocycles. The molecular weight excluding hydrogens is 484 g/mol. The highest BCUT2D eigenvalue weighted by Crippen LogP contribution is 2.06. The predicted molar refractivity (Wildman–Crippen MR) is 126 cm³/mol. The summed E-state index contributed by atoms with van der Waals surface area (Å²) in [5.41, 5.74) is 2.43. The summed E-state index contributed by atoms with van der Waals surface area (Å²) in [5, 5.41) is 9.26. The second-order valence-corrected chi connectivity index (χ2v) is 6.67. The van der Waals surface area contributed by atoms with Crippen molar-refractivity contribution in [1.29, 1.82) is 0 Å². The lowest BCUT2D eigenvalue weighted by Crippen LogP contribution is -2.36. The Labute approximate surface area is 189 Å². The topological polar surface area (TPSA) is 68.8 Å². The molecule has 0 spiro atoms. The number of hydrogen-bond donors (Lipinski definition) is 3. The van der Waals surface area contributed by atoms with Gasteiger partial charge in [-0.25, -0.2) is 4.39 Å². The van der Waals surface area contributed by atoms with Crippen LogP contribution in [0.5, 0.6) is 0 Å². The molecule has 0 saturated heterocycles. The van der Waals surface area contributed by atoms with Crippen LogP contribution in [0.2, 0.25) is 0 Å². The van der Waals surface area contributed by atoms with Gasteiger partial charge in [-0.3, -0.25) is 9.79 Å². The Kier molecular flexibility index (Phi) is 11.2. The third kappa shape index (κ3) is 9.23. The van der Waals surface area contributed by atoms with Crippen LogP contribution in [0.25, 0.3) is 0 Å². The maximum Gasteiger partial charge on any atom is 0.251 e. The van der Waals surface area contributed by atoms with Gasteiger partial charge < -0.3 is 20.9 Å². The summed E-state index contributed by atoms with van der Waals surface area (Å²) >= 11 is 0. The van der Waals surface area contributed by atoms with Gasteiger partial charge in [-0.15, -0.1) is 24.0 Å². The van der Waals surface area contributed by atoms with Gasteiger partial charge in [0.2, 0.25) is 0 Å². The predicted octanol–water partition coefficient (Wildman–Crippen LogP) is 2.60. The largest absolute Gasteiger partial charge is 0.352 e. The summed E-state index contributed by atoms with van der Waals surface area (Å²) in [7, 11) is 5.61. The Balaban J connectivity index is 0.00000420. The number of guanidine groups is 1. The zero-order valence-corrected chi connectivity index (χ0v) is 19.4. The number of likely N-dealkylation sites (N-methyl/N-ethyl adjacent to an activating group) is 1. The van der Waals surface area contributed by atoms with Gasteiger partial charge in [0.25, 0.3) is 5.91 Å². The Hall–Kier alpha value is -2.20. The van der Waals surface area contributed by atoms with E-state index in [9.17, 15) is 9.18 Å². The third-order valence-corrected chi connectivity index (χ3v) is 4.07. The van der Waals surface area contributed by atoms with Crippen molar-refractivity contribution in [2.45, 2.75) is 13.1 Å². The van der Waals surface area contributed by atoms with Crippen molar-refractivity contribution in [3.63, 3.8) is 0 Å². The van der Waals surface area contributed by atoms with Crippen LogP contribution in [-0.4, -0.2) is 51.0 Å². The first kappa shape index (κ1) is 24.8. The Bertz CT molecular complexity index is 813. The number of nitrogens with zero attached hydrogens (tertiary/aromatic N) is 2. The first-order valence-electron chi connectivity index (χ1n) is 9.19. The monoisotopic (exact) mass is 513 g/mol. The molecule has 3 N–H and O–H groups in total. The number of halogens is 2.